The van der Waals surface area contributed by atoms with Crippen molar-refractivity contribution in [2.24, 2.45) is 0 Å². The van der Waals surface area contributed by atoms with Gasteiger partial charge in [0.1, 0.15) is 0 Å². The van der Waals surface area contributed by atoms with Crippen molar-refractivity contribution in [2.75, 3.05) is 12.8 Å². The summed E-state index contributed by atoms with van der Waals surface area (Å²) in [7, 11) is -3.74. The Kier molecular flexibility index (Phi) is 6.71. The number of hydrogen-bond acceptors (Lipinski definition) is 4. The van der Waals surface area contributed by atoms with E-state index in [1.807, 2.05) is 13.2 Å². The molecule has 21 heavy (non-hydrogen) atoms. The van der Waals surface area contributed by atoms with Crippen LogP contribution in [0, 0.1) is 6.92 Å². The molecule has 0 aliphatic carbocycles. The summed E-state index contributed by atoms with van der Waals surface area (Å²) in [5, 5.41) is 9.39. The molecule has 0 fully saturated rings. The van der Waals surface area contributed by atoms with E-state index in [2.05, 4.69) is 20.7 Å². The van der Waals surface area contributed by atoms with Crippen LogP contribution in [0.3, 0.4) is 0 Å². The molecule has 5 nitrogen and oxygen atoms in total. The average molecular weight is 396 g/mol. The van der Waals surface area contributed by atoms with Gasteiger partial charge in [0.25, 0.3) is 0 Å². The van der Waals surface area contributed by atoms with Gasteiger partial charge in [-0.1, -0.05) is 6.92 Å². The molecule has 0 aliphatic rings. The van der Waals surface area contributed by atoms with E-state index in [4.69, 9.17) is 5.11 Å². The number of thioether (sulfide) groups is 1. The van der Waals surface area contributed by atoms with Gasteiger partial charge in [-0.2, -0.15) is 11.8 Å². The SMILES string of the molecule is CSC(C)CCNS(=O)(=O)c1cc(C(=O)O)cc(C)c1Br. The average Bonchev–Trinajstić information content (AvgIpc) is 2.40. The predicted octanol–water partition coefficient (Wildman–Crippen LogP) is 2.88. The molecule has 1 aromatic carbocycles. The lowest BCUT2D eigenvalue weighted by Crippen LogP contribution is -2.27. The first-order valence-corrected chi connectivity index (χ1v) is 9.81. The summed E-state index contributed by atoms with van der Waals surface area (Å²) in [5.74, 6) is -1.15. The van der Waals surface area contributed by atoms with Gasteiger partial charge in [-0.15, -0.1) is 0 Å². The van der Waals surface area contributed by atoms with Crippen LogP contribution >= 0.6 is 27.7 Å². The summed E-state index contributed by atoms with van der Waals surface area (Å²) < 4.78 is 27.5. The Balaban J connectivity index is 3.05. The Hall–Kier alpha value is -0.570. The van der Waals surface area contributed by atoms with E-state index in [9.17, 15) is 13.2 Å². The highest BCUT2D eigenvalue weighted by atomic mass is 79.9. The monoisotopic (exact) mass is 395 g/mol. The quantitative estimate of drug-likeness (QED) is 0.741. The molecule has 0 saturated carbocycles. The summed E-state index contributed by atoms with van der Waals surface area (Å²) in [6, 6.07) is 2.60. The molecule has 1 unspecified atom stereocenters. The lowest BCUT2D eigenvalue weighted by molar-refractivity contribution is 0.0696. The smallest absolute Gasteiger partial charge is 0.335 e. The van der Waals surface area contributed by atoms with E-state index in [1.165, 1.54) is 12.1 Å². The molecule has 0 radical (unpaired) electrons. The van der Waals surface area contributed by atoms with Gasteiger partial charge in [-0.05, 0) is 53.2 Å². The molecule has 0 aromatic heterocycles. The van der Waals surface area contributed by atoms with Gasteiger partial charge in [0.15, 0.2) is 0 Å². The largest absolute Gasteiger partial charge is 0.478 e. The molecule has 118 valence electrons. The van der Waals surface area contributed by atoms with Crippen molar-refractivity contribution >= 4 is 43.7 Å². The normalized spacial score (nSPS) is 13.1. The Morgan fingerprint density at radius 1 is 1.48 bits per heavy atom. The first-order chi connectivity index (χ1) is 9.69. The fourth-order valence-electron chi connectivity index (χ4n) is 1.65. The number of carboxylic acid groups (broad SMARTS) is 1. The number of sulfonamides is 1. The second-order valence-corrected chi connectivity index (χ2v) is 8.45. The number of aromatic carboxylic acids is 1. The Labute approximate surface area is 137 Å². The number of aryl methyl sites for hydroxylation is 1. The highest BCUT2D eigenvalue weighted by Crippen LogP contribution is 2.27. The predicted molar refractivity (Wildman–Crippen MR) is 88.6 cm³/mol. The second-order valence-electron chi connectivity index (χ2n) is 4.64. The van der Waals surface area contributed by atoms with Crippen LogP contribution in [0.25, 0.3) is 0 Å². The minimum absolute atomic E-state index is 0.0447. The third kappa shape index (κ3) is 4.98. The first kappa shape index (κ1) is 18.5. The van der Waals surface area contributed by atoms with E-state index >= 15 is 0 Å². The van der Waals surface area contributed by atoms with Crippen molar-refractivity contribution < 1.29 is 18.3 Å². The van der Waals surface area contributed by atoms with E-state index in [1.54, 1.807) is 18.7 Å². The number of benzene rings is 1. The van der Waals surface area contributed by atoms with Crippen LogP contribution in [0.2, 0.25) is 0 Å². The van der Waals surface area contributed by atoms with Gasteiger partial charge >= 0.3 is 5.97 Å². The highest BCUT2D eigenvalue weighted by Gasteiger charge is 2.21. The summed E-state index contributed by atoms with van der Waals surface area (Å²) in [5.41, 5.74) is 0.515. The maximum atomic E-state index is 12.3. The molecule has 0 amide bonds. The van der Waals surface area contributed by atoms with Gasteiger partial charge < -0.3 is 5.11 Å². The number of rotatable bonds is 7. The Morgan fingerprint density at radius 2 is 2.10 bits per heavy atom. The molecular weight excluding hydrogens is 378 g/mol. The van der Waals surface area contributed by atoms with Gasteiger partial charge in [0, 0.05) is 16.3 Å². The van der Waals surface area contributed by atoms with Crippen molar-refractivity contribution in [3.8, 4) is 0 Å². The summed E-state index contributed by atoms with van der Waals surface area (Å²) >= 11 is 4.88. The summed E-state index contributed by atoms with van der Waals surface area (Å²) in [6.07, 6.45) is 2.67. The van der Waals surface area contributed by atoms with E-state index < -0.39 is 16.0 Å². The van der Waals surface area contributed by atoms with Crippen LogP contribution in [0.4, 0.5) is 0 Å². The zero-order chi connectivity index (χ0) is 16.2. The molecule has 1 atom stereocenters. The van der Waals surface area contributed by atoms with Crippen LogP contribution < -0.4 is 4.72 Å². The lowest BCUT2D eigenvalue weighted by Gasteiger charge is -2.13. The van der Waals surface area contributed by atoms with Crippen molar-refractivity contribution in [3.63, 3.8) is 0 Å². The first-order valence-electron chi connectivity index (χ1n) is 6.25. The molecule has 0 aliphatic heterocycles. The van der Waals surface area contributed by atoms with Gasteiger partial charge in [0.2, 0.25) is 10.0 Å². The minimum Gasteiger partial charge on any atom is -0.478 e. The number of hydrogen-bond donors (Lipinski definition) is 2. The van der Waals surface area contributed by atoms with Crippen LogP contribution in [0.1, 0.15) is 29.3 Å². The molecule has 0 saturated heterocycles. The summed E-state index contributed by atoms with van der Waals surface area (Å²) in [4.78, 5) is 11.0. The van der Waals surface area contributed by atoms with Crippen molar-refractivity contribution in [1.82, 2.24) is 4.72 Å². The molecule has 1 rings (SSSR count). The molecule has 2 N–H and O–H groups in total. The molecule has 0 spiro atoms. The van der Waals surface area contributed by atoms with Crippen LogP contribution in [-0.4, -0.2) is 37.5 Å². The van der Waals surface area contributed by atoms with Gasteiger partial charge in [-0.25, -0.2) is 17.9 Å². The fraction of sp³-hybridized carbons (Fsp3) is 0.462. The van der Waals surface area contributed by atoms with Crippen LogP contribution in [-0.2, 0) is 10.0 Å². The van der Waals surface area contributed by atoms with Gasteiger partial charge in [-0.3, -0.25) is 0 Å². The lowest BCUT2D eigenvalue weighted by atomic mass is 10.1. The maximum absolute atomic E-state index is 12.3. The van der Waals surface area contributed by atoms with Gasteiger partial charge in [0.05, 0.1) is 10.5 Å². The second kappa shape index (κ2) is 7.62. The minimum atomic E-state index is -3.74. The number of halogens is 1. The van der Waals surface area contributed by atoms with Crippen LogP contribution in [0.5, 0.6) is 0 Å². The zero-order valence-corrected chi connectivity index (χ0v) is 15.2. The van der Waals surface area contributed by atoms with Crippen molar-refractivity contribution in [3.05, 3.63) is 27.7 Å². The van der Waals surface area contributed by atoms with E-state index in [-0.39, 0.29) is 10.5 Å². The highest BCUT2D eigenvalue weighted by molar-refractivity contribution is 9.10. The van der Waals surface area contributed by atoms with Crippen molar-refractivity contribution in [2.45, 2.75) is 30.4 Å². The maximum Gasteiger partial charge on any atom is 0.335 e. The standard InChI is InChI=1S/C13H18BrNO4S2/c1-8-6-10(13(16)17)7-11(12(8)14)21(18,19)15-5-4-9(2)20-3/h6-7,9,15H,4-5H2,1-3H3,(H,16,17). The topological polar surface area (TPSA) is 83.5 Å². The third-order valence-corrected chi connectivity index (χ3v) is 6.84. The molecule has 8 heteroatoms. The number of carboxylic acids is 1. The third-order valence-electron chi connectivity index (χ3n) is 3.00. The molecule has 1 aromatic rings. The zero-order valence-electron chi connectivity index (χ0n) is 12.0. The number of carbonyl (C=O) groups is 1. The Morgan fingerprint density at radius 3 is 2.62 bits per heavy atom. The number of nitrogens with one attached hydrogen (secondary N) is 1. The fourth-order valence-corrected chi connectivity index (χ4v) is 4.09. The summed E-state index contributed by atoms with van der Waals surface area (Å²) in [6.45, 7) is 3.99. The van der Waals surface area contributed by atoms with Crippen molar-refractivity contribution in [1.29, 1.82) is 0 Å². The Bertz CT molecular complexity index is 631. The molecule has 0 heterocycles. The van der Waals surface area contributed by atoms with E-state index in [0.29, 0.717) is 28.3 Å². The molecular formula is C13H18BrNO4S2. The van der Waals surface area contributed by atoms with E-state index in [0.717, 1.165) is 0 Å². The molecule has 0 bridgehead atoms. The van der Waals surface area contributed by atoms with Crippen LogP contribution in [0.15, 0.2) is 21.5 Å².